The molecule has 198 valence electrons. The zero-order valence-corrected chi connectivity index (χ0v) is 22.2. The van der Waals surface area contributed by atoms with E-state index >= 15 is 0 Å². The molecule has 2 unspecified atom stereocenters. The highest BCUT2D eigenvalue weighted by Gasteiger charge is 2.38. The van der Waals surface area contributed by atoms with Crippen molar-refractivity contribution in [2.24, 2.45) is 5.92 Å². The number of amides is 3. The van der Waals surface area contributed by atoms with Crippen LogP contribution in [0.2, 0.25) is 0 Å². The maximum Gasteiger partial charge on any atom is 0.408 e. The minimum absolute atomic E-state index is 0.0989. The Morgan fingerprint density at radius 3 is 2.34 bits per heavy atom. The first-order valence-corrected chi connectivity index (χ1v) is 12.3. The normalized spacial score (nSPS) is 13.2. The Balaban J connectivity index is 3.41. The highest BCUT2D eigenvalue weighted by atomic mass is 16.6. The minimum Gasteiger partial charge on any atom is -0.507 e. The monoisotopic (exact) mass is 493 g/mol. The van der Waals surface area contributed by atoms with Crippen molar-refractivity contribution in [3.8, 4) is 5.75 Å². The number of nitrogens with zero attached hydrogens (tertiary/aromatic N) is 1. The van der Waals surface area contributed by atoms with E-state index in [1.54, 1.807) is 59.7 Å². The van der Waals surface area contributed by atoms with Gasteiger partial charge < -0.3 is 30.5 Å². The lowest BCUT2D eigenvalue weighted by Crippen LogP contribution is -2.55. The second kappa shape index (κ2) is 13.9. The second-order valence-corrected chi connectivity index (χ2v) is 10.0. The number of alkyl carbamates (subject to hydrolysis) is 1. The molecule has 0 aromatic heterocycles. The molecule has 0 radical (unpaired) electrons. The van der Waals surface area contributed by atoms with E-state index in [4.69, 9.17) is 4.74 Å². The second-order valence-electron chi connectivity index (χ2n) is 10.0. The van der Waals surface area contributed by atoms with Gasteiger partial charge in [-0.25, -0.2) is 4.79 Å². The first kappa shape index (κ1) is 30.2. The summed E-state index contributed by atoms with van der Waals surface area (Å²) in [5, 5.41) is 26.0. The first-order chi connectivity index (χ1) is 16.3. The predicted octanol–water partition coefficient (Wildman–Crippen LogP) is 3.42. The van der Waals surface area contributed by atoms with Gasteiger partial charge in [0.1, 0.15) is 23.4 Å². The number of carbonyl (C=O) groups is 3. The number of hydrogen-bond donors (Lipinski definition) is 4. The van der Waals surface area contributed by atoms with Gasteiger partial charge in [-0.15, -0.1) is 0 Å². The fraction of sp³-hybridized carbons (Fsp3) is 0.654. The number of para-hydroxylation sites is 1. The number of nitrogens with one attached hydrogen (secondary N) is 2. The zero-order chi connectivity index (χ0) is 26.8. The molecule has 0 fully saturated rings. The fourth-order valence-corrected chi connectivity index (χ4v) is 3.64. The van der Waals surface area contributed by atoms with Gasteiger partial charge in [-0.2, -0.15) is 0 Å². The van der Waals surface area contributed by atoms with Gasteiger partial charge in [0.05, 0.1) is 6.61 Å². The Morgan fingerprint density at radius 1 is 1.14 bits per heavy atom. The van der Waals surface area contributed by atoms with Gasteiger partial charge in [0.15, 0.2) is 0 Å². The van der Waals surface area contributed by atoms with Crippen LogP contribution in [0.4, 0.5) is 4.79 Å². The van der Waals surface area contributed by atoms with Crippen LogP contribution in [0.1, 0.15) is 78.0 Å². The molecule has 0 heterocycles. The summed E-state index contributed by atoms with van der Waals surface area (Å²) in [5.41, 5.74) is 0.0443. The van der Waals surface area contributed by atoms with Crippen LogP contribution in [-0.4, -0.2) is 64.4 Å². The summed E-state index contributed by atoms with van der Waals surface area (Å²) in [6.07, 6.45) is 1.94. The molecule has 0 saturated heterocycles. The van der Waals surface area contributed by atoms with Gasteiger partial charge in [0, 0.05) is 18.7 Å². The maximum absolute atomic E-state index is 13.8. The van der Waals surface area contributed by atoms with E-state index in [1.807, 2.05) is 0 Å². The number of ether oxygens (including phenoxy) is 1. The summed E-state index contributed by atoms with van der Waals surface area (Å²) in [6.45, 7) is 12.3. The van der Waals surface area contributed by atoms with Crippen molar-refractivity contribution < 1.29 is 29.3 Å². The molecule has 0 spiro atoms. The Labute approximate surface area is 209 Å². The summed E-state index contributed by atoms with van der Waals surface area (Å²) in [5.74, 6) is -1.47. The molecule has 2 atom stereocenters. The minimum atomic E-state index is -1.20. The summed E-state index contributed by atoms with van der Waals surface area (Å²) in [4.78, 5) is 40.8. The van der Waals surface area contributed by atoms with Crippen LogP contribution >= 0.6 is 0 Å². The van der Waals surface area contributed by atoms with Crippen molar-refractivity contribution in [2.45, 2.75) is 85.4 Å². The number of hydrogen-bond acceptors (Lipinski definition) is 6. The van der Waals surface area contributed by atoms with Crippen LogP contribution in [0, 0.1) is 12.8 Å². The highest BCUT2D eigenvalue weighted by molar-refractivity contribution is 5.92. The SMILES string of the molecule is CCCCCNC(=O)C(c1cccc(C)c1O)N(CCO)C(=O)C(NC(=O)OC(C)(C)C)C(C)C. The van der Waals surface area contributed by atoms with Gasteiger partial charge in [0.2, 0.25) is 11.8 Å². The number of unbranched alkanes of at least 4 members (excludes halogenated alkanes) is 2. The number of aliphatic hydroxyl groups excluding tert-OH is 1. The lowest BCUT2D eigenvalue weighted by molar-refractivity contribution is -0.144. The molecule has 3 amide bonds. The first-order valence-electron chi connectivity index (χ1n) is 12.3. The van der Waals surface area contributed by atoms with E-state index in [0.717, 1.165) is 19.3 Å². The molecule has 0 aliphatic carbocycles. The summed E-state index contributed by atoms with van der Waals surface area (Å²) in [7, 11) is 0. The number of aliphatic hydroxyl groups is 1. The van der Waals surface area contributed by atoms with E-state index in [-0.39, 0.29) is 23.8 Å². The van der Waals surface area contributed by atoms with Crippen molar-refractivity contribution in [1.29, 1.82) is 0 Å². The van der Waals surface area contributed by atoms with Crippen LogP contribution in [0.25, 0.3) is 0 Å². The molecule has 4 N–H and O–H groups in total. The molecule has 0 bridgehead atoms. The van der Waals surface area contributed by atoms with Crippen molar-refractivity contribution in [2.75, 3.05) is 19.7 Å². The summed E-state index contributed by atoms with van der Waals surface area (Å²) >= 11 is 0. The van der Waals surface area contributed by atoms with Crippen LogP contribution in [-0.2, 0) is 14.3 Å². The number of aromatic hydroxyl groups is 1. The topological polar surface area (TPSA) is 128 Å². The molecular formula is C26H43N3O6. The van der Waals surface area contributed by atoms with Gasteiger partial charge >= 0.3 is 6.09 Å². The van der Waals surface area contributed by atoms with E-state index in [9.17, 15) is 24.6 Å². The van der Waals surface area contributed by atoms with Gasteiger partial charge in [-0.05, 0) is 45.6 Å². The number of aryl methyl sites for hydroxylation is 1. The lowest BCUT2D eigenvalue weighted by Gasteiger charge is -2.35. The Morgan fingerprint density at radius 2 is 1.80 bits per heavy atom. The van der Waals surface area contributed by atoms with E-state index in [1.165, 1.54) is 4.90 Å². The van der Waals surface area contributed by atoms with Gasteiger partial charge in [-0.3, -0.25) is 9.59 Å². The Bertz CT molecular complexity index is 850. The Hall–Kier alpha value is -2.81. The molecular weight excluding hydrogens is 450 g/mol. The molecule has 0 aliphatic rings. The molecule has 1 aromatic carbocycles. The average Bonchev–Trinajstić information content (AvgIpc) is 2.75. The number of carbonyl (C=O) groups excluding carboxylic acids is 3. The predicted molar refractivity (Wildman–Crippen MR) is 135 cm³/mol. The van der Waals surface area contributed by atoms with Crippen molar-refractivity contribution >= 4 is 17.9 Å². The molecule has 0 saturated carbocycles. The van der Waals surface area contributed by atoms with E-state index in [0.29, 0.717) is 12.1 Å². The quantitative estimate of drug-likeness (QED) is 0.330. The number of phenols is 1. The fourth-order valence-electron chi connectivity index (χ4n) is 3.64. The van der Waals surface area contributed by atoms with E-state index < -0.39 is 42.2 Å². The Kier molecular flexibility index (Phi) is 12.0. The average molecular weight is 494 g/mol. The number of benzene rings is 1. The lowest BCUT2D eigenvalue weighted by atomic mass is 9.97. The third-order valence-electron chi connectivity index (χ3n) is 5.43. The highest BCUT2D eigenvalue weighted by Crippen LogP contribution is 2.32. The smallest absolute Gasteiger partial charge is 0.408 e. The van der Waals surface area contributed by atoms with Crippen LogP contribution < -0.4 is 10.6 Å². The van der Waals surface area contributed by atoms with E-state index in [2.05, 4.69) is 17.6 Å². The van der Waals surface area contributed by atoms with Gasteiger partial charge in [-0.1, -0.05) is 51.8 Å². The van der Waals surface area contributed by atoms with Crippen molar-refractivity contribution in [1.82, 2.24) is 15.5 Å². The van der Waals surface area contributed by atoms with Crippen LogP contribution in [0.15, 0.2) is 18.2 Å². The van der Waals surface area contributed by atoms with Crippen molar-refractivity contribution in [3.05, 3.63) is 29.3 Å². The summed E-state index contributed by atoms with van der Waals surface area (Å²) in [6, 6.07) is 2.77. The zero-order valence-electron chi connectivity index (χ0n) is 22.2. The molecule has 1 aromatic rings. The molecule has 9 nitrogen and oxygen atoms in total. The van der Waals surface area contributed by atoms with Crippen LogP contribution in [0.3, 0.4) is 0 Å². The maximum atomic E-state index is 13.8. The molecule has 35 heavy (non-hydrogen) atoms. The largest absolute Gasteiger partial charge is 0.507 e. The standard InChI is InChI=1S/C26H43N3O6/c1-8-9-10-14-27-23(32)21(19-13-11-12-18(4)22(19)31)29(15-16-30)24(33)20(17(2)3)28-25(34)35-26(5,6)7/h11-13,17,20-21,30-31H,8-10,14-16H2,1-7H3,(H,27,32)(H,28,34). The third kappa shape index (κ3) is 9.39. The van der Waals surface area contributed by atoms with Crippen molar-refractivity contribution in [3.63, 3.8) is 0 Å². The molecule has 9 heteroatoms. The van der Waals surface area contributed by atoms with Crippen LogP contribution in [0.5, 0.6) is 5.75 Å². The molecule has 1 rings (SSSR count). The number of rotatable bonds is 12. The summed E-state index contributed by atoms with van der Waals surface area (Å²) < 4.78 is 5.32. The van der Waals surface area contributed by atoms with Gasteiger partial charge in [0.25, 0.3) is 0 Å². The number of phenolic OH excluding ortho intramolecular Hbond substituents is 1. The molecule has 0 aliphatic heterocycles. The third-order valence-corrected chi connectivity index (χ3v) is 5.43.